The average molecular weight is 421 g/mol. The van der Waals surface area contributed by atoms with Crippen LogP contribution in [0.4, 0.5) is 13.2 Å². The maximum Gasteiger partial charge on any atom is 0.418 e. The van der Waals surface area contributed by atoms with Gasteiger partial charge in [-0.25, -0.2) is 0 Å². The van der Waals surface area contributed by atoms with E-state index in [1.54, 1.807) is 26.0 Å². The van der Waals surface area contributed by atoms with Gasteiger partial charge in [-0.1, -0.05) is 32.0 Å². The van der Waals surface area contributed by atoms with E-state index in [4.69, 9.17) is 4.74 Å². The first-order valence-corrected chi connectivity index (χ1v) is 10.3. The van der Waals surface area contributed by atoms with Gasteiger partial charge in [-0.15, -0.1) is 0 Å². The summed E-state index contributed by atoms with van der Waals surface area (Å²) in [5, 5.41) is 11.0. The fourth-order valence-electron chi connectivity index (χ4n) is 4.84. The summed E-state index contributed by atoms with van der Waals surface area (Å²) >= 11 is 0. The van der Waals surface area contributed by atoms with Crippen molar-refractivity contribution < 1.29 is 27.8 Å². The SMILES string of the molecule is CC(C)(CC(O)(Cn1ccc2c1CCCC2=O)C(F)(F)F)c1cccc2c1OCC2. The first-order chi connectivity index (χ1) is 14.0. The van der Waals surface area contributed by atoms with Crippen LogP contribution in [0.5, 0.6) is 5.75 Å². The van der Waals surface area contributed by atoms with Gasteiger partial charge in [-0.2, -0.15) is 13.2 Å². The van der Waals surface area contributed by atoms with Crippen LogP contribution in [0.3, 0.4) is 0 Å². The van der Waals surface area contributed by atoms with Crippen molar-refractivity contribution in [3.05, 3.63) is 52.8 Å². The summed E-state index contributed by atoms with van der Waals surface area (Å²) < 4.78 is 49.6. The van der Waals surface area contributed by atoms with Gasteiger partial charge in [0.15, 0.2) is 11.4 Å². The van der Waals surface area contributed by atoms with E-state index in [9.17, 15) is 23.1 Å². The number of para-hydroxylation sites is 1. The third kappa shape index (κ3) is 3.53. The highest BCUT2D eigenvalue weighted by Crippen LogP contribution is 2.46. The zero-order valence-electron chi connectivity index (χ0n) is 17.2. The zero-order chi connectivity index (χ0) is 21.7. The number of Topliss-reactive ketones (excluding diaryl/α,β-unsaturated/α-hetero) is 1. The van der Waals surface area contributed by atoms with Gasteiger partial charge in [-0.3, -0.25) is 4.79 Å². The standard InChI is InChI=1S/C23H26F3NO3/c1-21(2,17-6-3-5-15-10-12-30-20(15)17)13-22(29,23(24,25)26)14-27-11-9-16-18(27)7-4-8-19(16)28/h3,5-6,9,11,29H,4,7-8,10,12-14H2,1-2H3. The number of carbonyl (C=O) groups excluding carboxylic acids is 1. The summed E-state index contributed by atoms with van der Waals surface area (Å²) in [6.45, 7) is 3.28. The van der Waals surface area contributed by atoms with Crippen LogP contribution in [0, 0.1) is 0 Å². The molecule has 2 aromatic rings. The number of fused-ring (bicyclic) bond motifs is 2. The van der Waals surface area contributed by atoms with Gasteiger partial charge in [0.05, 0.1) is 13.2 Å². The Morgan fingerprint density at radius 2 is 1.90 bits per heavy atom. The molecule has 1 aromatic carbocycles. The molecule has 1 aromatic heterocycles. The molecule has 7 heteroatoms. The van der Waals surface area contributed by atoms with E-state index in [2.05, 4.69) is 0 Å². The Morgan fingerprint density at radius 1 is 1.13 bits per heavy atom. The van der Waals surface area contributed by atoms with Crippen molar-refractivity contribution in [1.82, 2.24) is 4.57 Å². The predicted octanol–water partition coefficient (Wildman–Crippen LogP) is 4.60. The molecule has 2 heterocycles. The minimum absolute atomic E-state index is 0.0529. The molecule has 162 valence electrons. The highest BCUT2D eigenvalue weighted by atomic mass is 19.4. The first-order valence-electron chi connectivity index (χ1n) is 10.3. The minimum Gasteiger partial charge on any atom is -0.493 e. The molecule has 0 fully saturated rings. The Morgan fingerprint density at radius 3 is 2.63 bits per heavy atom. The van der Waals surface area contributed by atoms with E-state index >= 15 is 0 Å². The molecule has 0 radical (unpaired) electrons. The second-order valence-corrected chi connectivity index (χ2v) is 9.06. The van der Waals surface area contributed by atoms with E-state index in [1.165, 1.54) is 10.8 Å². The summed E-state index contributed by atoms with van der Waals surface area (Å²) in [5.41, 5.74) is -1.23. The van der Waals surface area contributed by atoms with Crippen LogP contribution < -0.4 is 4.74 Å². The molecular weight excluding hydrogens is 395 g/mol. The zero-order valence-corrected chi connectivity index (χ0v) is 17.2. The van der Waals surface area contributed by atoms with E-state index in [1.807, 2.05) is 12.1 Å². The number of halogens is 3. The van der Waals surface area contributed by atoms with Crippen LogP contribution in [-0.4, -0.2) is 33.8 Å². The van der Waals surface area contributed by atoms with E-state index in [0.717, 1.165) is 12.0 Å². The quantitative estimate of drug-likeness (QED) is 0.768. The number of hydrogen-bond acceptors (Lipinski definition) is 3. The molecule has 0 bridgehead atoms. The average Bonchev–Trinajstić information content (AvgIpc) is 3.28. The van der Waals surface area contributed by atoms with Gasteiger partial charge in [-0.05, 0) is 36.3 Å². The summed E-state index contributed by atoms with van der Waals surface area (Å²) in [4.78, 5) is 12.1. The molecule has 0 saturated heterocycles. The molecule has 2 aliphatic rings. The number of nitrogens with zero attached hydrogens (tertiary/aromatic N) is 1. The van der Waals surface area contributed by atoms with Crippen LogP contribution in [0.25, 0.3) is 0 Å². The van der Waals surface area contributed by atoms with Gasteiger partial charge < -0.3 is 14.4 Å². The van der Waals surface area contributed by atoms with Gasteiger partial charge in [0.1, 0.15) is 5.75 Å². The normalized spacial score (nSPS) is 18.5. The van der Waals surface area contributed by atoms with Crippen molar-refractivity contribution in [2.75, 3.05) is 6.61 Å². The minimum atomic E-state index is -4.83. The van der Waals surface area contributed by atoms with Gasteiger partial charge in [0, 0.05) is 35.9 Å². The van der Waals surface area contributed by atoms with Crippen molar-refractivity contribution >= 4 is 5.78 Å². The molecule has 1 N–H and O–H groups in total. The van der Waals surface area contributed by atoms with Crippen molar-refractivity contribution in [2.24, 2.45) is 0 Å². The number of benzene rings is 1. The highest BCUT2D eigenvalue weighted by molar-refractivity contribution is 5.98. The monoisotopic (exact) mass is 421 g/mol. The molecule has 0 saturated carbocycles. The van der Waals surface area contributed by atoms with Crippen LogP contribution in [0.15, 0.2) is 30.5 Å². The lowest BCUT2D eigenvalue weighted by molar-refractivity contribution is -0.271. The van der Waals surface area contributed by atoms with Crippen molar-refractivity contribution in [3.8, 4) is 5.75 Å². The Labute approximate surface area is 173 Å². The molecule has 0 spiro atoms. The smallest absolute Gasteiger partial charge is 0.418 e. The first kappa shape index (κ1) is 21.0. The number of aliphatic hydroxyl groups is 1. The lowest BCUT2D eigenvalue weighted by Crippen LogP contribution is -2.52. The van der Waals surface area contributed by atoms with Crippen molar-refractivity contribution in [2.45, 2.75) is 69.7 Å². The van der Waals surface area contributed by atoms with E-state index in [-0.39, 0.29) is 5.78 Å². The summed E-state index contributed by atoms with van der Waals surface area (Å²) in [5.74, 6) is 0.582. The van der Waals surface area contributed by atoms with Crippen LogP contribution in [-0.2, 0) is 24.8 Å². The number of rotatable bonds is 5. The van der Waals surface area contributed by atoms with Gasteiger partial charge in [0.25, 0.3) is 0 Å². The lowest BCUT2D eigenvalue weighted by Gasteiger charge is -2.39. The largest absolute Gasteiger partial charge is 0.493 e. The van der Waals surface area contributed by atoms with Crippen molar-refractivity contribution in [3.63, 3.8) is 0 Å². The second kappa shape index (κ2) is 7.15. The molecule has 1 aliphatic carbocycles. The molecule has 4 rings (SSSR count). The number of ketones is 1. The molecule has 4 nitrogen and oxygen atoms in total. The molecule has 30 heavy (non-hydrogen) atoms. The van der Waals surface area contributed by atoms with Crippen LogP contribution in [0.2, 0.25) is 0 Å². The molecule has 1 atom stereocenters. The third-order valence-electron chi connectivity index (χ3n) is 6.33. The van der Waals surface area contributed by atoms with Gasteiger partial charge in [0.2, 0.25) is 0 Å². The van der Waals surface area contributed by atoms with E-state index < -0.39 is 30.2 Å². The summed E-state index contributed by atoms with van der Waals surface area (Å²) in [7, 11) is 0. The Kier molecular flexibility index (Phi) is 5.00. The molecule has 0 amide bonds. The summed E-state index contributed by atoms with van der Waals surface area (Å²) in [6, 6.07) is 7.08. The number of hydrogen-bond donors (Lipinski definition) is 1. The number of aromatic nitrogens is 1. The molecule has 1 aliphatic heterocycles. The number of carbonyl (C=O) groups is 1. The fraction of sp³-hybridized carbons (Fsp3) is 0.522. The maximum atomic E-state index is 14.2. The number of alkyl halides is 3. The highest BCUT2D eigenvalue weighted by Gasteiger charge is 2.56. The van der Waals surface area contributed by atoms with E-state index in [0.29, 0.717) is 48.4 Å². The predicted molar refractivity (Wildman–Crippen MR) is 106 cm³/mol. The Balaban J connectivity index is 1.68. The number of ether oxygens (including phenoxy) is 1. The Hall–Kier alpha value is -2.28. The topological polar surface area (TPSA) is 51.5 Å². The lowest BCUT2D eigenvalue weighted by atomic mass is 9.74. The maximum absolute atomic E-state index is 14.2. The third-order valence-corrected chi connectivity index (χ3v) is 6.33. The molecule has 1 unspecified atom stereocenters. The Bertz CT molecular complexity index is 977. The second-order valence-electron chi connectivity index (χ2n) is 9.06. The van der Waals surface area contributed by atoms with Crippen molar-refractivity contribution in [1.29, 1.82) is 0 Å². The fourth-order valence-corrected chi connectivity index (χ4v) is 4.84. The van der Waals surface area contributed by atoms with Gasteiger partial charge >= 0.3 is 6.18 Å². The summed E-state index contributed by atoms with van der Waals surface area (Å²) in [6.07, 6.45) is -1.59. The van der Waals surface area contributed by atoms with Crippen LogP contribution in [0.1, 0.15) is 60.3 Å². The molecular formula is C23H26F3NO3. The van der Waals surface area contributed by atoms with Crippen LogP contribution >= 0.6 is 0 Å².